The predicted octanol–water partition coefficient (Wildman–Crippen LogP) is 2.11. The van der Waals surface area contributed by atoms with Gasteiger partial charge in [-0.05, 0) is 18.9 Å². The molecule has 0 saturated heterocycles. The largest absolute Gasteiger partial charge is 0.481 e. The molecule has 0 radical (unpaired) electrons. The van der Waals surface area contributed by atoms with Crippen LogP contribution < -0.4 is 10.6 Å². The van der Waals surface area contributed by atoms with Gasteiger partial charge < -0.3 is 15.7 Å². The molecule has 0 fully saturated rings. The van der Waals surface area contributed by atoms with Crippen molar-refractivity contribution in [2.24, 2.45) is 0 Å². The lowest BCUT2D eigenvalue weighted by atomic mass is 10.2. The van der Waals surface area contributed by atoms with Crippen LogP contribution in [0.15, 0.2) is 18.2 Å². The highest BCUT2D eigenvalue weighted by molar-refractivity contribution is 5.89. The lowest BCUT2D eigenvalue weighted by Gasteiger charge is -2.08. The number of carboxylic acid groups (broad SMARTS) is 1. The highest BCUT2D eigenvalue weighted by Gasteiger charge is 2.12. The summed E-state index contributed by atoms with van der Waals surface area (Å²) in [6.07, 6.45) is 0.907. The Kier molecular flexibility index (Phi) is 6.05. The van der Waals surface area contributed by atoms with Crippen molar-refractivity contribution >= 4 is 23.4 Å². The van der Waals surface area contributed by atoms with Gasteiger partial charge in [0.25, 0.3) is 5.69 Å². The lowest BCUT2D eigenvalue weighted by molar-refractivity contribution is -0.385. The topological polar surface area (TPSA) is 122 Å². The summed E-state index contributed by atoms with van der Waals surface area (Å²) in [6, 6.07) is 2.21. The number of aliphatic carboxylic acids is 1. The normalized spacial score (nSPS) is 9.95. The van der Waals surface area contributed by atoms with Crippen LogP contribution in [-0.4, -0.2) is 28.6 Å². The van der Waals surface area contributed by atoms with Crippen molar-refractivity contribution in [3.05, 3.63) is 34.1 Å². The SMILES string of the molecule is O=C(O)CCCCNC(=O)Nc1ccc([N+](=O)[O-])cc1F. The third kappa shape index (κ3) is 5.85. The number of benzene rings is 1. The van der Waals surface area contributed by atoms with Crippen LogP contribution in [0.3, 0.4) is 0 Å². The van der Waals surface area contributed by atoms with Gasteiger partial charge in [-0.3, -0.25) is 14.9 Å². The first-order chi connectivity index (χ1) is 9.90. The van der Waals surface area contributed by atoms with Crippen LogP contribution in [-0.2, 0) is 4.79 Å². The molecule has 3 N–H and O–H groups in total. The third-order valence-electron chi connectivity index (χ3n) is 2.51. The Balaban J connectivity index is 2.41. The molecule has 1 aromatic rings. The number of nitro groups is 1. The summed E-state index contributed by atoms with van der Waals surface area (Å²) in [4.78, 5) is 31.4. The molecule has 21 heavy (non-hydrogen) atoms. The van der Waals surface area contributed by atoms with Crippen molar-refractivity contribution in [1.29, 1.82) is 0 Å². The molecule has 0 atom stereocenters. The zero-order valence-electron chi connectivity index (χ0n) is 11.0. The molecule has 0 unspecified atom stereocenters. The Hall–Kier alpha value is -2.71. The molecule has 0 aliphatic carbocycles. The first kappa shape index (κ1) is 16.3. The van der Waals surface area contributed by atoms with Crippen LogP contribution in [0.1, 0.15) is 19.3 Å². The molecule has 0 aliphatic rings. The summed E-state index contributed by atoms with van der Waals surface area (Å²) in [6.45, 7) is 0.244. The maximum absolute atomic E-state index is 13.5. The number of hydrogen-bond donors (Lipinski definition) is 3. The van der Waals surface area contributed by atoms with Crippen molar-refractivity contribution in [2.75, 3.05) is 11.9 Å². The number of carbonyl (C=O) groups excluding carboxylic acids is 1. The van der Waals surface area contributed by atoms with Gasteiger partial charge in [-0.25, -0.2) is 9.18 Å². The number of unbranched alkanes of at least 4 members (excludes halogenated alkanes) is 1. The van der Waals surface area contributed by atoms with E-state index in [0.29, 0.717) is 18.9 Å². The molecule has 114 valence electrons. The number of carboxylic acids is 1. The van der Waals surface area contributed by atoms with E-state index in [4.69, 9.17) is 5.11 Å². The zero-order valence-corrected chi connectivity index (χ0v) is 11.0. The fraction of sp³-hybridized carbons (Fsp3) is 0.333. The van der Waals surface area contributed by atoms with Crippen molar-refractivity contribution < 1.29 is 24.0 Å². The van der Waals surface area contributed by atoms with E-state index < -0.39 is 28.4 Å². The highest BCUT2D eigenvalue weighted by Crippen LogP contribution is 2.20. The Morgan fingerprint density at radius 3 is 2.62 bits per heavy atom. The third-order valence-corrected chi connectivity index (χ3v) is 2.51. The second-order valence-corrected chi connectivity index (χ2v) is 4.15. The number of nitrogens with zero attached hydrogens (tertiary/aromatic N) is 1. The van der Waals surface area contributed by atoms with Crippen molar-refractivity contribution in [3.8, 4) is 0 Å². The number of rotatable bonds is 7. The summed E-state index contributed by atoms with van der Waals surface area (Å²) < 4.78 is 13.5. The van der Waals surface area contributed by atoms with Crippen molar-refractivity contribution in [1.82, 2.24) is 5.32 Å². The van der Waals surface area contributed by atoms with Gasteiger partial charge in [0.2, 0.25) is 0 Å². The predicted molar refractivity (Wildman–Crippen MR) is 71.6 cm³/mol. The van der Waals surface area contributed by atoms with E-state index in [0.717, 1.165) is 12.1 Å². The minimum Gasteiger partial charge on any atom is -0.481 e. The monoisotopic (exact) mass is 299 g/mol. The fourth-order valence-electron chi connectivity index (χ4n) is 1.49. The van der Waals surface area contributed by atoms with E-state index >= 15 is 0 Å². The summed E-state index contributed by atoms with van der Waals surface area (Å²) in [5.41, 5.74) is -0.587. The minimum absolute atomic E-state index is 0.0142. The zero-order chi connectivity index (χ0) is 15.8. The summed E-state index contributed by atoms with van der Waals surface area (Å²) in [5.74, 6) is -1.82. The Morgan fingerprint density at radius 1 is 1.33 bits per heavy atom. The molecule has 1 rings (SSSR count). The average Bonchev–Trinajstić information content (AvgIpc) is 2.40. The quantitative estimate of drug-likeness (QED) is 0.404. The molecule has 0 heterocycles. The van der Waals surface area contributed by atoms with Crippen LogP contribution in [0.25, 0.3) is 0 Å². The van der Waals surface area contributed by atoms with Crippen LogP contribution in [0, 0.1) is 15.9 Å². The first-order valence-electron chi connectivity index (χ1n) is 6.10. The number of anilines is 1. The van der Waals surface area contributed by atoms with Gasteiger partial charge in [-0.2, -0.15) is 0 Å². The van der Waals surface area contributed by atoms with Gasteiger partial charge in [0, 0.05) is 19.0 Å². The van der Waals surface area contributed by atoms with E-state index in [1.807, 2.05) is 0 Å². The molecule has 8 nitrogen and oxygen atoms in total. The fourth-order valence-corrected chi connectivity index (χ4v) is 1.49. The second kappa shape index (κ2) is 7.78. The number of nitrogens with one attached hydrogen (secondary N) is 2. The van der Waals surface area contributed by atoms with Gasteiger partial charge in [0.1, 0.15) is 0 Å². The van der Waals surface area contributed by atoms with Gasteiger partial charge in [-0.15, -0.1) is 0 Å². The van der Waals surface area contributed by atoms with E-state index in [1.54, 1.807) is 0 Å². The van der Waals surface area contributed by atoms with E-state index in [-0.39, 0.29) is 18.7 Å². The lowest BCUT2D eigenvalue weighted by Crippen LogP contribution is -2.29. The number of urea groups is 1. The average molecular weight is 299 g/mol. The molecule has 1 aromatic carbocycles. The van der Waals surface area contributed by atoms with E-state index in [1.165, 1.54) is 0 Å². The smallest absolute Gasteiger partial charge is 0.319 e. The van der Waals surface area contributed by atoms with Gasteiger partial charge in [-0.1, -0.05) is 0 Å². The van der Waals surface area contributed by atoms with Crippen molar-refractivity contribution in [2.45, 2.75) is 19.3 Å². The number of hydrogen-bond acceptors (Lipinski definition) is 4. The number of halogens is 1. The molecular weight excluding hydrogens is 285 g/mol. The minimum atomic E-state index is -0.912. The summed E-state index contributed by atoms with van der Waals surface area (Å²) >= 11 is 0. The Bertz CT molecular complexity index is 550. The second-order valence-electron chi connectivity index (χ2n) is 4.15. The van der Waals surface area contributed by atoms with Gasteiger partial charge >= 0.3 is 12.0 Å². The molecule has 2 amide bonds. The standard InChI is InChI=1S/C12H14FN3O5/c13-9-7-8(16(20)21)4-5-10(9)15-12(19)14-6-2-1-3-11(17)18/h4-5,7H,1-3,6H2,(H,17,18)(H2,14,15,19). The molecular formula is C12H14FN3O5. The van der Waals surface area contributed by atoms with Crippen LogP contribution in [0.2, 0.25) is 0 Å². The van der Waals surface area contributed by atoms with Crippen LogP contribution in [0.4, 0.5) is 20.6 Å². The molecule has 0 aliphatic heterocycles. The molecule has 0 spiro atoms. The Morgan fingerprint density at radius 2 is 2.05 bits per heavy atom. The highest BCUT2D eigenvalue weighted by atomic mass is 19.1. The Labute approximate surface area is 119 Å². The van der Waals surface area contributed by atoms with Gasteiger partial charge in [0.15, 0.2) is 5.82 Å². The van der Waals surface area contributed by atoms with Crippen LogP contribution >= 0.6 is 0 Å². The van der Waals surface area contributed by atoms with Gasteiger partial charge in [0.05, 0.1) is 16.7 Å². The molecule has 0 saturated carbocycles. The van der Waals surface area contributed by atoms with Crippen LogP contribution in [0.5, 0.6) is 0 Å². The van der Waals surface area contributed by atoms with Crippen molar-refractivity contribution in [3.63, 3.8) is 0 Å². The number of non-ortho nitro benzene ring substituents is 1. The number of carbonyl (C=O) groups is 2. The molecule has 0 aromatic heterocycles. The summed E-state index contributed by atoms with van der Waals surface area (Å²) in [7, 11) is 0. The molecule has 0 bridgehead atoms. The summed E-state index contributed by atoms with van der Waals surface area (Å²) in [5, 5.41) is 23.5. The maximum atomic E-state index is 13.5. The number of nitro benzene ring substituents is 1. The van der Waals surface area contributed by atoms with E-state index in [2.05, 4.69) is 10.6 Å². The first-order valence-corrected chi connectivity index (χ1v) is 6.10. The maximum Gasteiger partial charge on any atom is 0.319 e. The molecule has 9 heteroatoms. The number of amides is 2. The van der Waals surface area contributed by atoms with E-state index in [9.17, 15) is 24.1 Å².